The van der Waals surface area contributed by atoms with Crippen molar-refractivity contribution in [3.8, 4) is 11.6 Å². The van der Waals surface area contributed by atoms with E-state index in [1.807, 2.05) is 0 Å². The third-order valence-electron chi connectivity index (χ3n) is 2.80. The highest BCUT2D eigenvalue weighted by molar-refractivity contribution is 6.33. The fourth-order valence-electron chi connectivity index (χ4n) is 1.93. The first-order valence-electron chi connectivity index (χ1n) is 5.43. The average Bonchev–Trinajstić information content (AvgIpc) is 2.95. The zero-order valence-corrected chi connectivity index (χ0v) is 10.5. The lowest BCUT2D eigenvalue weighted by atomic mass is 10.4. The molecule has 0 amide bonds. The maximum atomic E-state index is 12.5. The second-order valence-corrected chi connectivity index (χ2v) is 4.32. The van der Waals surface area contributed by atoms with Crippen LogP contribution in [0.4, 0.5) is 8.78 Å². The van der Waals surface area contributed by atoms with Gasteiger partial charge in [-0.25, -0.2) is 18.7 Å². The molecule has 98 valence electrons. The number of aryl methyl sites for hydroxylation is 1. The summed E-state index contributed by atoms with van der Waals surface area (Å²) in [6, 6.07) is 4.39. The van der Waals surface area contributed by atoms with Crippen molar-refractivity contribution in [3.05, 3.63) is 35.3 Å². The van der Waals surface area contributed by atoms with E-state index in [9.17, 15) is 8.78 Å². The maximum absolute atomic E-state index is 12.5. The first-order valence-corrected chi connectivity index (χ1v) is 5.81. The van der Waals surface area contributed by atoms with E-state index in [4.69, 9.17) is 16.0 Å². The highest BCUT2D eigenvalue weighted by Crippen LogP contribution is 2.30. The van der Waals surface area contributed by atoms with Crippen LogP contribution in [0.1, 0.15) is 12.2 Å². The molecule has 3 heterocycles. The molecule has 0 unspecified atom stereocenters. The number of pyridine rings is 1. The van der Waals surface area contributed by atoms with Gasteiger partial charge in [-0.1, -0.05) is 11.6 Å². The molecule has 0 bridgehead atoms. The smallest absolute Gasteiger partial charge is 0.295 e. The normalized spacial score (nSPS) is 11.6. The molecule has 0 aromatic carbocycles. The number of fused-ring (bicyclic) bond motifs is 1. The molecule has 0 N–H and O–H groups in total. The maximum Gasteiger partial charge on any atom is 0.295 e. The van der Waals surface area contributed by atoms with Gasteiger partial charge in [-0.15, -0.1) is 0 Å². The molecule has 3 aromatic heterocycles. The van der Waals surface area contributed by atoms with Crippen LogP contribution in [0.5, 0.6) is 0 Å². The molecule has 0 aliphatic heterocycles. The summed E-state index contributed by atoms with van der Waals surface area (Å²) in [5.74, 6) is 0.313. The Morgan fingerprint density at radius 2 is 2.11 bits per heavy atom. The summed E-state index contributed by atoms with van der Waals surface area (Å²) in [7, 11) is 1.72. The van der Waals surface area contributed by atoms with Gasteiger partial charge < -0.3 is 8.98 Å². The molecule has 0 atom stereocenters. The van der Waals surface area contributed by atoms with Gasteiger partial charge in [0, 0.05) is 13.2 Å². The lowest BCUT2D eigenvalue weighted by Gasteiger charge is -2.00. The molecule has 0 aliphatic rings. The van der Waals surface area contributed by atoms with Crippen molar-refractivity contribution in [2.75, 3.05) is 0 Å². The van der Waals surface area contributed by atoms with E-state index in [2.05, 4.69) is 9.97 Å². The van der Waals surface area contributed by atoms with Gasteiger partial charge in [0.2, 0.25) is 0 Å². The number of hydrogen-bond acceptors (Lipinski definition) is 3. The number of halogens is 3. The van der Waals surface area contributed by atoms with Crippen molar-refractivity contribution in [1.82, 2.24) is 14.5 Å². The third kappa shape index (κ3) is 1.88. The van der Waals surface area contributed by atoms with Gasteiger partial charge in [-0.05, 0) is 18.2 Å². The third-order valence-corrected chi connectivity index (χ3v) is 3.08. The summed E-state index contributed by atoms with van der Waals surface area (Å²) in [4.78, 5) is 8.28. The van der Waals surface area contributed by atoms with Crippen molar-refractivity contribution < 1.29 is 13.2 Å². The lowest BCUT2D eigenvalue weighted by Crippen LogP contribution is -1.92. The summed E-state index contributed by atoms with van der Waals surface area (Å²) in [5, 5.41) is 0.305. The first-order chi connectivity index (χ1) is 9.08. The summed E-state index contributed by atoms with van der Waals surface area (Å²) < 4.78 is 31.8. The molecular weight excluding hydrogens is 276 g/mol. The minimum Gasteiger partial charge on any atom is -0.452 e. The Hall–Kier alpha value is -1.95. The Kier molecular flexibility index (Phi) is 2.74. The highest BCUT2D eigenvalue weighted by Gasteiger charge is 2.18. The standard InChI is InChI=1S/C12H8ClF2N3O/c1-18-9-6(4-5-16-10(9)13)17-12(18)8-3-2-7(19-8)11(14)15/h2-5,11H,1H3. The van der Waals surface area contributed by atoms with Crippen molar-refractivity contribution in [2.24, 2.45) is 7.05 Å². The van der Waals surface area contributed by atoms with Gasteiger partial charge >= 0.3 is 0 Å². The Morgan fingerprint density at radius 3 is 2.74 bits per heavy atom. The largest absolute Gasteiger partial charge is 0.452 e. The minimum absolute atomic E-state index is 0.269. The van der Waals surface area contributed by atoms with Crippen LogP contribution in [0.3, 0.4) is 0 Å². The van der Waals surface area contributed by atoms with Gasteiger partial charge in [0.25, 0.3) is 6.43 Å². The summed E-state index contributed by atoms with van der Waals surface area (Å²) in [6.45, 7) is 0. The second kappa shape index (κ2) is 4.31. The fraction of sp³-hybridized carbons (Fsp3) is 0.167. The zero-order chi connectivity index (χ0) is 13.6. The molecule has 7 heteroatoms. The quantitative estimate of drug-likeness (QED) is 0.672. The average molecular weight is 284 g/mol. The van der Waals surface area contributed by atoms with E-state index in [-0.39, 0.29) is 11.5 Å². The van der Waals surface area contributed by atoms with Crippen molar-refractivity contribution >= 4 is 22.6 Å². The molecule has 19 heavy (non-hydrogen) atoms. The number of imidazole rings is 1. The number of nitrogens with zero attached hydrogens (tertiary/aromatic N) is 3. The summed E-state index contributed by atoms with van der Waals surface area (Å²) >= 11 is 6.00. The van der Waals surface area contributed by atoms with Crippen molar-refractivity contribution in [2.45, 2.75) is 6.43 Å². The van der Waals surface area contributed by atoms with Crippen LogP contribution < -0.4 is 0 Å². The Labute approximate surface area is 111 Å². The molecule has 0 saturated carbocycles. The number of aromatic nitrogens is 3. The molecule has 0 radical (unpaired) electrons. The van der Waals surface area contributed by atoms with Crippen LogP contribution in [-0.2, 0) is 7.05 Å². The van der Waals surface area contributed by atoms with Gasteiger partial charge in [0.1, 0.15) is 5.52 Å². The molecule has 0 fully saturated rings. The van der Waals surface area contributed by atoms with Crippen LogP contribution in [0.2, 0.25) is 5.15 Å². The molecule has 0 aliphatic carbocycles. The summed E-state index contributed by atoms with van der Waals surface area (Å²) in [5.41, 5.74) is 1.27. The molecule has 0 spiro atoms. The predicted octanol–water partition coefficient (Wildman–Crippen LogP) is 3.82. The van der Waals surface area contributed by atoms with Crippen LogP contribution in [0.25, 0.3) is 22.6 Å². The van der Waals surface area contributed by atoms with Crippen LogP contribution in [-0.4, -0.2) is 14.5 Å². The molecule has 3 rings (SSSR count). The molecule has 3 aromatic rings. The monoisotopic (exact) mass is 283 g/mol. The number of alkyl halides is 2. The Bertz CT molecular complexity index is 751. The van der Waals surface area contributed by atoms with Crippen molar-refractivity contribution in [3.63, 3.8) is 0 Å². The second-order valence-electron chi connectivity index (χ2n) is 3.97. The molecule has 0 saturated heterocycles. The predicted molar refractivity (Wildman–Crippen MR) is 66.2 cm³/mol. The van der Waals surface area contributed by atoms with Crippen molar-refractivity contribution in [1.29, 1.82) is 0 Å². The van der Waals surface area contributed by atoms with E-state index >= 15 is 0 Å². The Morgan fingerprint density at radius 1 is 1.32 bits per heavy atom. The summed E-state index contributed by atoms with van der Waals surface area (Å²) in [6.07, 6.45) is -1.11. The number of hydrogen-bond donors (Lipinski definition) is 0. The van der Waals surface area contributed by atoms with Crippen LogP contribution >= 0.6 is 11.6 Å². The van der Waals surface area contributed by atoms with E-state index in [0.29, 0.717) is 22.0 Å². The molecule has 4 nitrogen and oxygen atoms in total. The highest BCUT2D eigenvalue weighted by atomic mass is 35.5. The Balaban J connectivity index is 2.19. The first kappa shape index (κ1) is 12.1. The van der Waals surface area contributed by atoms with Crippen LogP contribution in [0.15, 0.2) is 28.8 Å². The topological polar surface area (TPSA) is 43.9 Å². The van der Waals surface area contributed by atoms with Crippen LogP contribution in [0, 0.1) is 0 Å². The fourth-order valence-corrected chi connectivity index (χ4v) is 2.21. The zero-order valence-electron chi connectivity index (χ0n) is 9.77. The van der Waals surface area contributed by atoms with E-state index in [1.54, 1.807) is 17.7 Å². The van der Waals surface area contributed by atoms with Gasteiger partial charge in [0.15, 0.2) is 22.5 Å². The number of furan rings is 1. The van der Waals surface area contributed by atoms with Gasteiger partial charge in [0.05, 0.1) is 5.52 Å². The van der Waals surface area contributed by atoms with E-state index in [0.717, 1.165) is 0 Å². The minimum atomic E-state index is -2.64. The number of rotatable bonds is 2. The van der Waals surface area contributed by atoms with Gasteiger partial charge in [-0.3, -0.25) is 0 Å². The van der Waals surface area contributed by atoms with E-state index < -0.39 is 6.43 Å². The SMILES string of the molecule is Cn1c(-c2ccc(C(F)F)o2)nc2ccnc(Cl)c21. The van der Waals surface area contributed by atoms with E-state index in [1.165, 1.54) is 18.3 Å². The van der Waals surface area contributed by atoms with Gasteiger partial charge in [-0.2, -0.15) is 0 Å². The molecular formula is C12H8ClF2N3O. The lowest BCUT2D eigenvalue weighted by molar-refractivity contribution is 0.122.